The summed E-state index contributed by atoms with van der Waals surface area (Å²) in [5, 5.41) is -0.275. The molecule has 0 aromatic heterocycles. The zero-order valence-electron chi connectivity index (χ0n) is 10.3. The molecule has 0 N–H and O–H groups in total. The highest BCUT2D eigenvalue weighted by Crippen LogP contribution is 2.35. The summed E-state index contributed by atoms with van der Waals surface area (Å²) in [6.45, 7) is 2.01. The van der Waals surface area contributed by atoms with Crippen molar-refractivity contribution >= 4 is 43.5 Å². The Morgan fingerprint density at radius 2 is 1.84 bits per heavy atom. The van der Waals surface area contributed by atoms with Gasteiger partial charge in [0.2, 0.25) is 0 Å². The van der Waals surface area contributed by atoms with Crippen molar-refractivity contribution in [1.82, 2.24) is 0 Å². The van der Waals surface area contributed by atoms with Gasteiger partial charge >= 0.3 is 0 Å². The van der Waals surface area contributed by atoms with Gasteiger partial charge in [-0.15, -0.1) is 11.6 Å². The summed E-state index contributed by atoms with van der Waals surface area (Å²) in [6, 6.07) is 10.7. The third-order valence-corrected chi connectivity index (χ3v) is 4.90. The zero-order chi connectivity index (χ0) is 14.0. The third kappa shape index (κ3) is 3.59. The molecule has 0 spiro atoms. The van der Waals surface area contributed by atoms with Crippen LogP contribution in [0, 0.1) is 12.7 Å². The molecular formula is C15H12Br2ClF. The van der Waals surface area contributed by atoms with Gasteiger partial charge < -0.3 is 0 Å². The first-order chi connectivity index (χ1) is 8.99. The van der Waals surface area contributed by atoms with E-state index in [1.54, 1.807) is 12.1 Å². The van der Waals surface area contributed by atoms with Gasteiger partial charge in [0.1, 0.15) is 5.82 Å². The molecule has 1 atom stereocenters. The van der Waals surface area contributed by atoms with Gasteiger partial charge in [-0.3, -0.25) is 0 Å². The minimum absolute atomic E-state index is 0.213. The lowest BCUT2D eigenvalue weighted by Gasteiger charge is -2.14. The number of hydrogen-bond acceptors (Lipinski definition) is 0. The number of benzene rings is 2. The summed E-state index contributed by atoms with van der Waals surface area (Å²) in [6.07, 6.45) is 0.461. The van der Waals surface area contributed by atoms with Crippen LogP contribution in [0.4, 0.5) is 4.39 Å². The lowest BCUT2D eigenvalue weighted by Crippen LogP contribution is -2.00. The molecule has 100 valence electrons. The number of alkyl halides is 1. The minimum atomic E-state index is -0.275. The molecule has 19 heavy (non-hydrogen) atoms. The smallest absolute Gasteiger partial charge is 0.126 e. The molecule has 0 radical (unpaired) electrons. The van der Waals surface area contributed by atoms with Crippen LogP contribution in [0.25, 0.3) is 0 Å². The lowest BCUT2D eigenvalue weighted by molar-refractivity contribution is 0.607. The van der Waals surface area contributed by atoms with Crippen molar-refractivity contribution in [2.24, 2.45) is 0 Å². The van der Waals surface area contributed by atoms with Crippen LogP contribution in [0.15, 0.2) is 45.3 Å². The molecular weight excluding hydrogens is 394 g/mol. The molecule has 0 aliphatic rings. The summed E-state index contributed by atoms with van der Waals surface area (Å²) >= 11 is 13.4. The van der Waals surface area contributed by atoms with Crippen molar-refractivity contribution in [3.63, 3.8) is 0 Å². The van der Waals surface area contributed by atoms with Crippen molar-refractivity contribution < 1.29 is 4.39 Å². The maximum absolute atomic E-state index is 13.6. The van der Waals surface area contributed by atoms with Crippen LogP contribution in [0.2, 0.25) is 0 Å². The maximum Gasteiger partial charge on any atom is 0.126 e. The first kappa shape index (κ1) is 15.0. The van der Waals surface area contributed by atoms with Crippen LogP contribution in [-0.2, 0) is 6.42 Å². The van der Waals surface area contributed by atoms with Crippen LogP contribution in [-0.4, -0.2) is 0 Å². The van der Waals surface area contributed by atoms with Gasteiger partial charge in [-0.1, -0.05) is 50.1 Å². The fourth-order valence-electron chi connectivity index (χ4n) is 1.87. The van der Waals surface area contributed by atoms with Gasteiger partial charge in [0.25, 0.3) is 0 Å². The van der Waals surface area contributed by atoms with Crippen LogP contribution < -0.4 is 0 Å². The Kier molecular flexibility index (Phi) is 5.04. The Morgan fingerprint density at radius 1 is 1.16 bits per heavy atom. The SMILES string of the molecule is Cc1cc(Br)c(C(Cl)Cc2ccccc2F)cc1Br. The Morgan fingerprint density at radius 3 is 2.53 bits per heavy atom. The highest BCUT2D eigenvalue weighted by molar-refractivity contribution is 9.11. The number of rotatable bonds is 3. The summed E-state index contributed by atoms with van der Waals surface area (Å²) in [4.78, 5) is 0. The molecule has 0 bridgehead atoms. The van der Waals surface area contributed by atoms with E-state index in [1.165, 1.54) is 6.07 Å². The van der Waals surface area contributed by atoms with E-state index >= 15 is 0 Å². The minimum Gasteiger partial charge on any atom is -0.207 e. The van der Waals surface area contributed by atoms with Gasteiger partial charge in [-0.25, -0.2) is 4.39 Å². The van der Waals surface area contributed by atoms with Crippen molar-refractivity contribution in [3.05, 3.63) is 67.9 Å². The second-order valence-corrected chi connectivity index (χ2v) is 6.62. The topological polar surface area (TPSA) is 0 Å². The van der Waals surface area contributed by atoms with Gasteiger partial charge in [0.05, 0.1) is 5.38 Å². The van der Waals surface area contributed by atoms with Crippen molar-refractivity contribution in [3.8, 4) is 0 Å². The molecule has 2 aromatic rings. The van der Waals surface area contributed by atoms with Crippen molar-refractivity contribution in [2.75, 3.05) is 0 Å². The third-order valence-electron chi connectivity index (χ3n) is 2.97. The van der Waals surface area contributed by atoms with E-state index in [-0.39, 0.29) is 11.2 Å². The summed E-state index contributed by atoms with van der Waals surface area (Å²) < 4.78 is 15.6. The second-order valence-electron chi connectivity index (χ2n) is 4.39. The average Bonchev–Trinajstić information content (AvgIpc) is 2.36. The van der Waals surface area contributed by atoms with Gasteiger partial charge in [0.15, 0.2) is 0 Å². The summed E-state index contributed by atoms with van der Waals surface area (Å²) in [5.41, 5.74) is 2.72. The molecule has 0 saturated heterocycles. The lowest BCUT2D eigenvalue weighted by atomic mass is 10.0. The highest BCUT2D eigenvalue weighted by atomic mass is 79.9. The Labute approximate surface area is 134 Å². The van der Waals surface area contributed by atoms with Crippen molar-refractivity contribution in [2.45, 2.75) is 18.7 Å². The largest absolute Gasteiger partial charge is 0.207 e. The fraction of sp³-hybridized carbons (Fsp3) is 0.200. The Hall–Kier alpha value is -0.380. The standard InChI is InChI=1S/C15H12Br2ClF/c1-9-6-13(17)11(8-12(9)16)14(18)7-10-4-2-3-5-15(10)19/h2-6,8,14H,7H2,1H3. The molecule has 0 saturated carbocycles. The predicted molar refractivity (Wildman–Crippen MR) is 85.3 cm³/mol. The summed E-state index contributed by atoms with van der Waals surface area (Å²) in [5.74, 6) is -0.213. The molecule has 2 rings (SSSR count). The van der Waals surface area contributed by atoms with Crippen LogP contribution in [0.5, 0.6) is 0 Å². The molecule has 4 heteroatoms. The molecule has 1 unspecified atom stereocenters. The van der Waals surface area contributed by atoms with E-state index in [4.69, 9.17) is 11.6 Å². The quantitative estimate of drug-likeness (QED) is 0.534. The van der Waals surface area contributed by atoms with E-state index < -0.39 is 0 Å². The maximum atomic E-state index is 13.6. The van der Waals surface area contributed by atoms with Crippen LogP contribution in [0.3, 0.4) is 0 Å². The van der Waals surface area contributed by atoms with Gasteiger partial charge in [-0.2, -0.15) is 0 Å². The first-order valence-corrected chi connectivity index (χ1v) is 7.84. The molecule has 2 aromatic carbocycles. The van der Waals surface area contributed by atoms with Gasteiger partial charge in [0, 0.05) is 8.95 Å². The van der Waals surface area contributed by atoms with Gasteiger partial charge in [-0.05, 0) is 48.2 Å². The summed E-state index contributed by atoms with van der Waals surface area (Å²) in [7, 11) is 0. The average molecular weight is 407 g/mol. The molecule has 0 aliphatic carbocycles. The Balaban J connectivity index is 2.28. The molecule has 0 heterocycles. The number of hydrogen-bond donors (Lipinski definition) is 0. The molecule has 0 nitrogen and oxygen atoms in total. The first-order valence-electron chi connectivity index (χ1n) is 5.82. The molecule has 0 fully saturated rings. The van der Waals surface area contributed by atoms with E-state index in [2.05, 4.69) is 31.9 Å². The highest BCUT2D eigenvalue weighted by Gasteiger charge is 2.15. The predicted octanol–water partition coefficient (Wildman–Crippen LogP) is 6.18. The van der Waals surface area contributed by atoms with E-state index in [1.807, 2.05) is 25.1 Å². The van der Waals surface area contributed by atoms with E-state index in [0.29, 0.717) is 12.0 Å². The normalized spacial score (nSPS) is 12.5. The van der Waals surface area contributed by atoms with Crippen LogP contribution in [0.1, 0.15) is 22.1 Å². The van der Waals surface area contributed by atoms with Crippen molar-refractivity contribution in [1.29, 1.82) is 0 Å². The fourth-order valence-corrected chi connectivity index (χ4v) is 3.44. The van der Waals surface area contributed by atoms with E-state index in [9.17, 15) is 4.39 Å². The molecule has 0 aliphatic heterocycles. The molecule has 0 amide bonds. The van der Waals surface area contributed by atoms with Crippen LogP contribution >= 0.6 is 43.5 Å². The monoisotopic (exact) mass is 404 g/mol. The van der Waals surface area contributed by atoms with E-state index in [0.717, 1.165) is 20.1 Å². The second kappa shape index (κ2) is 6.38. The Bertz CT molecular complexity index is 599. The number of aryl methyl sites for hydroxylation is 1. The number of halogens is 4. The zero-order valence-corrected chi connectivity index (χ0v) is 14.2.